The summed E-state index contributed by atoms with van der Waals surface area (Å²) in [5.41, 5.74) is 2.63. The quantitative estimate of drug-likeness (QED) is 0.859. The lowest BCUT2D eigenvalue weighted by Crippen LogP contribution is -2.56. The smallest absolute Gasteiger partial charge is 0.119 e. The van der Waals surface area contributed by atoms with Crippen molar-refractivity contribution in [1.29, 1.82) is 0 Å². The van der Waals surface area contributed by atoms with Gasteiger partial charge in [0, 0.05) is 31.1 Å². The summed E-state index contributed by atoms with van der Waals surface area (Å²) in [4.78, 5) is 0. The van der Waals surface area contributed by atoms with Gasteiger partial charge < -0.3 is 15.4 Å². The van der Waals surface area contributed by atoms with E-state index in [1.807, 2.05) is 18.2 Å². The fourth-order valence-electron chi connectivity index (χ4n) is 3.01. The third-order valence-corrected chi connectivity index (χ3v) is 4.58. The second-order valence-corrected chi connectivity index (χ2v) is 6.31. The third-order valence-electron chi connectivity index (χ3n) is 4.58. The molecule has 1 saturated heterocycles. The molecule has 114 valence electrons. The molecule has 2 N–H and O–H groups in total. The molecule has 2 aliphatic rings. The Morgan fingerprint density at radius 3 is 2.45 bits per heavy atom. The molecule has 1 heterocycles. The Morgan fingerprint density at radius 2 is 1.77 bits per heavy atom. The SMILES string of the molecule is c1ccc(COc2ccc([C@@H]3C[C@H]3NC3CNC3)cc2)cc1. The highest BCUT2D eigenvalue weighted by molar-refractivity contribution is 5.34. The Labute approximate surface area is 131 Å². The normalized spacial score (nSPS) is 23.8. The van der Waals surface area contributed by atoms with Crippen LogP contribution < -0.4 is 15.4 Å². The highest BCUT2D eigenvalue weighted by Gasteiger charge is 2.40. The van der Waals surface area contributed by atoms with Crippen LogP contribution in [-0.4, -0.2) is 25.2 Å². The van der Waals surface area contributed by atoms with Crippen molar-refractivity contribution in [2.24, 2.45) is 0 Å². The highest BCUT2D eigenvalue weighted by Crippen LogP contribution is 2.41. The van der Waals surface area contributed by atoms with E-state index in [0.29, 0.717) is 24.6 Å². The van der Waals surface area contributed by atoms with Gasteiger partial charge in [0.05, 0.1) is 0 Å². The molecule has 3 nitrogen and oxygen atoms in total. The monoisotopic (exact) mass is 294 g/mol. The van der Waals surface area contributed by atoms with Crippen LogP contribution in [0.4, 0.5) is 0 Å². The summed E-state index contributed by atoms with van der Waals surface area (Å²) in [6, 6.07) is 20.3. The average molecular weight is 294 g/mol. The molecule has 1 aliphatic carbocycles. The lowest BCUT2D eigenvalue weighted by molar-refractivity contribution is 0.306. The number of benzene rings is 2. The maximum Gasteiger partial charge on any atom is 0.119 e. The number of hydrogen-bond acceptors (Lipinski definition) is 3. The Balaban J connectivity index is 1.29. The molecule has 0 amide bonds. The first-order valence-electron chi connectivity index (χ1n) is 8.12. The van der Waals surface area contributed by atoms with Crippen molar-refractivity contribution in [3.63, 3.8) is 0 Å². The zero-order valence-corrected chi connectivity index (χ0v) is 12.7. The fourth-order valence-corrected chi connectivity index (χ4v) is 3.01. The molecule has 22 heavy (non-hydrogen) atoms. The van der Waals surface area contributed by atoms with E-state index >= 15 is 0 Å². The van der Waals surface area contributed by atoms with Crippen molar-refractivity contribution >= 4 is 0 Å². The maximum atomic E-state index is 5.84. The van der Waals surface area contributed by atoms with Gasteiger partial charge in [0.2, 0.25) is 0 Å². The van der Waals surface area contributed by atoms with E-state index in [1.165, 1.54) is 17.5 Å². The largest absolute Gasteiger partial charge is 0.489 e. The van der Waals surface area contributed by atoms with Crippen LogP contribution in [-0.2, 0) is 6.61 Å². The van der Waals surface area contributed by atoms with E-state index < -0.39 is 0 Å². The maximum absolute atomic E-state index is 5.84. The first-order chi connectivity index (χ1) is 10.9. The summed E-state index contributed by atoms with van der Waals surface area (Å²) in [5.74, 6) is 1.63. The third kappa shape index (κ3) is 3.16. The molecule has 0 spiro atoms. The van der Waals surface area contributed by atoms with E-state index in [-0.39, 0.29) is 0 Å². The zero-order chi connectivity index (χ0) is 14.8. The van der Waals surface area contributed by atoms with Crippen molar-refractivity contribution in [1.82, 2.24) is 10.6 Å². The van der Waals surface area contributed by atoms with E-state index in [4.69, 9.17) is 4.74 Å². The molecule has 0 radical (unpaired) electrons. The molecule has 2 fully saturated rings. The van der Waals surface area contributed by atoms with Gasteiger partial charge in [-0.1, -0.05) is 42.5 Å². The van der Waals surface area contributed by atoms with Crippen LogP contribution in [0.25, 0.3) is 0 Å². The lowest BCUT2D eigenvalue weighted by atomic mass is 10.1. The van der Waals surface area contributed by atoms with Gasteiger partial charge >= 0.3 is 0 Å². The number of nitrogens with one attached hydrogen (secondary N) is 2. The predicted octanol–water partition coefficient (Wildman–Crippen LogP) is 2.68. The lowest BCUT2D eigenvalue weighted by Gasteiger charge is -2.28. The Hall–Kier alpha value is -1.84. The summed E-state index contributed by atoms with van der Waals surface area (Å²) >= 11 is 0. The standard InChI is InChI=1S/C19H22N2O/c1-2-4-14(5-3-1)13-22-17-8-6-15(7-9-17)18-10-19(18)21-16-11-20-12-16/h1-9,16,18-21H,10-13H2/t18-,19+/m0/s1. The molecular weight excluding hydrogens is 272 g/mol. The van der Waals surface area contributed by atoms with Crippen molar-refractivity contribution < 1.29 is 4.74 Å². The Kier molecular flexibility index (Phi) is 3.83. The summed E-state index contributed by atoms with van der Waals surface area (Å²) in [6.07, 6.45) is 1.26. The van der Waals surface area contributed by atoms with Crippen LogP contribution in [0, 0.1) is 0 Å². The zero-order valence-electron chi connectivity index (χ0n) is 12.7. The van der Waals surface area contributed by atoms with Gasteiger partial charge in [-0.2, -0.15) is 0 Å². The molecule has 2 atom stereocenters. The van der Waals surface area contributed by atoms with Gasteiger partial charge in [-0.3, -0.25) is 0 Å². The van der Waals surface area contributed by atoms with Gasteiger partial charge in [0.15, 0.2) is 0 Å². The molecular formula is C19H22N2O. The molecule has 2 aromatic carbocycles. The minimum atomic E-state index is 0.627. The second-order valence-electron chi connectivity index (χ2n) is 6.31. The summed E-state index contributed by atoms with van der Waals surface area (Å²) in [7, 11) is 0. The summed E-state index contributed by atoms with van der Waals surface area (Å²) in [5, 5.41) is 7.01. The minimum absolute atomic E-state index is 0.627. The molecule has 3 heteroatoms. The van der Waals surface area contributed by atoms with Crippen molar-refractivity contribution in [3.05, 3.63) is 65.7 Å². The van der Waals surface area contributed by atoms with Crippen LogP contribution in [0.5, 0.6) is 5.75 Å². The molecule has 0 aromatic heterocycles. The average Bonchev–Trinajstić information content (AvgIpc) is 3.30. The first-order valence-corrected chi connectivity index (χ1v) is 8.12. The van der Waals surface area contributed by atoms with Crippen LogP contribution in [0.15, 0.2) is 54.6 Å². The van der Waals surface area contributed by atoms with E-state index in [2.05, 4.69) is 47.0 Å². The van der Waals surface area contributed by atoms with E-state index in [0.717, 1.165) is 18.8 Å². The number of hydrogen-bond donors (Lipinski definition) is 2. The highest BCUT2D eigenvalue weighted by atomic mass is 16.5. The topological polar surface area (TPSA) is 33.3 Å². The summed E-state index contributed by atoms with van der Waals surface area (Å²) < 4.78 is 5.84. The van der Waals surface area contributed by atoms with Crippen LogP contribution in [0.2, 0.25) is 0 Å². The Bertz CT molecular complexity index is 607. The second kappa shape index (κ2) is 6.11. The van der Waals surface area contributed by atoms with Crippen molar-refractivity contribution in [2.75, 3.05) is 13.1 Å². The molecule has 1 saturated carbocycles. The molecule has 1 aliphatic heterocycles. The summed E-state index contributed by atoms with van der Waals surface area (Å²) in [6.45, 7) is 2.87. The van der Waals surface area contributed by atoms with Gasteiger partial charge in [0.1, 0.15) is 12.4 Å². The van der Waals surface area contributed by atoms with Crippen LogP contribution >= 0.6 is 0 Å². The van der Waals surface area contributed by atoms with E-state index in [1.54, 1.807) is 0 Å². The van der Waals surface area contributed by atoms with Crippen LogP contribution in [0.3, 0.4) is 0 Å². The first kappa shape index (κ1) is 13.8. The van der Waals surface area contributed by atoms with Crippen molar-refractivity contribution in [2.45, 2.75) is 31.0 Å². The van der Waals surface area contributed by atoms with E-state index in [9.17, 15) is 0 Å². The van der Waals surface area contributed by atoms with Crippen molar-refractivity contribution in [3.8, 4) is 5.75 Å². The van der Waals surface area contributed by atoms with Gasteiger partial charge in [-0.25, -0.2) is 0 Å². The van der Waals surface area contributed by atoms with Gasteiger partial charge in [-0.05, 0) is 29.7 Å². The fraction of sp³-hybridized carbons (Fsp3) is 0.368. The minimum Gasteiger partial charge on any atom is -0.489 e. The number of rotatable bonds is 6. The van der Waals surface area contributed by atoms with Crippen LogP contribution in [0.1, 0.15) is 23.5 Å². The predicted molar refractivity (Wildman–Crippen MR) is 88.2 cm³/mol. The molecule has 0 bridgehead atoms. The van der Waals surface area contributed by atoms with Gasteiger partial charge in [-0.15, -0.1) is 0 Å². The molecule has 0 unspecified atom stereocenters. The molecule has 4 rings (SSSR count). The Morgan fingerprint density at radius 1 is 1.00 bits per heavy atom. The molecule has 2 aromatic rings. The van der Waals surface area contributed by atoms with Gasteiger partial charge in [0.25, 0.3) is 0 Å². The number of ether oxygens (including phenoxy) is 1.